The van der Waals surface area contributed by atoms with E-state index in [0.717, 1.165) is 7.11 Å². The van der Waals surface area contributed by atoms with Crippen LogP contribution in [0, 0.1) is 0 Å². The molecule has 9 heteroatoms. The molecule has 1 rings (SSSR count). The van der Waals surface area contributed by atoms with Crippen molar-refractivity contribution >= 4 is 16.0 Å². The predicted molar refractivity (Wildman–Crippen MR) is 48.3 cm³/mol. The molecule has 1 fully saturated rings. The molecule has 0 spiro atoms. The van der Waals surface area contributed by atoms with Crippen molar-refractivity contribution < 1.29 is 31.5 Å². The molecular weight excluding hydrogens is 248 g/mol. The average molecular weight is 259 g/mol. The summed E-state index contributed by atoms with van der Waals surface area (Å²) in [6.45, 7) is -0.759. The van der Waals surface area contributed by atoms with Gasteiger partial charge in [0.15, 0.2) is 6.10 Å². The number of hydrogen-bond acceptors (Lipinski definition) is 5. The van der Waals surface area contributed by atoms with Crippen molar-refractivity contribution in [3.05, 3.63) is 0 Å². The summed E-state index contributed by atoms with van der Waals surface area (Å²) in [5.74, 6) is -4.28. The van der Waals surface area contributed by atoms with Gasteiger partial charge in [0, 0.05) is 6.54 Å². The normalized spacial score (nSPS) is 23.4. The molecule has 0 aliphatic carbocycles. The number of nitrogens with zero attached hydrogens (tertiary/aromatic N) is 1. The molecule has 94 valence electrons. The summed E-state index contributed by atoms with van der Waals surface area (Å²) < 4.78 is 56.4. The zero-order valence-corrected chi connectivity index (χ0v) is 9.25. The van der Waals surface area contributed by atoms with Crippen LogP contribution in [-0.2, 0) is 24.3 Å². The molecule has 16 heavy (non-hydrogen) atoms. The van der Waals surface area contributed by atoms with Crippen LogP contribution in [0.2, 0.25) is 0 Å². The maximum atomic E-state index is 12.2. The van der Waals surface area contributed by atoms with Crippen molar-refractivity contribution in [3.8, 4) is 0 Å². The highest BCUT2D eigenvalue weighted by atomic mass is 32.2. The molecule has 1 heterocycles. The summed E-state index contributed by atoms with van der Waals surface area (Å²) in [5, 5.41) is 0. The van der Waals surface area contributed by atoms with Crippen LogP contribution in [0.15, 0.2) is 0 Å². The van der Waals surface area contributed by atoms with E-state index in [-0.39, 0.29) is 13.2 Å². The van der Waals surface area contributed by atoms with E-state index < -0.39 is 34.4 Å². The van der Waals surface area contributed by atoms with E-state index in [1.54, 1.807) is 0 Å². The summed E-state index contributed by atoms with van der Waals surface area (Å²) >= 11 is 0. The van der Waals surface area contributed by atoms with E-state index in [0.29, 0.717) is 4.31 Å². The van der Waals surface area contributed by atoms with Crippen LogP contribution in [0.1, 0.15) is 0 Å². The van der Waals surface area contributed by atoms with Gasteiger partial charge < -0.3 is 9.47 Å². The van der Waals surface area contributed by atoms with Crippen LogP contribution < -0.4 is 0 Å². The first-order valence-electron chi connectivity index (χ1n) is 4.36. The lowest BCUT2D eigenvalue weighted by atomic mass is 10.3. The standard InChI is InChI=1S/C7H11F2NO5S/c1-14-6(11)5-4-10(2-3-15-5)16(12,13)7(8)9/h5,7H,2-4H2,1H3. The Hall–Kier alpha value is -0.800. The maximum Gasteiger partial charge on any atom is 0.350 e. The van der Waals surface area contributed by atoms with Crippen molar-refractivity contribution in [3.63, 3.8) is 0 Å². The number of ether oxygens (including phenoxy) is 2. The summed E-state index contributed by atoms with van der Waals surface area (Å²) in [6.07, 6.45) is -1.15. The second-order valence-corrected chi connectivity index (χ2v) is 4.95. The first-order chi connectivity index (χ1) is 7.39. The lowest BCUT2D eigenvalue weighted by Crippen LogP contribution is -2.50. The number of morpholine rings is 1. The maximum absolute atomic E-state index is 12.2. The van der Waals surface area contributed by atoms with E-state index in [2.05, 4.69) is 4.74 Å². The van der Waals surface area contributed by atoms with E-state index in [1.165, 1.54) is 0 Å². The van der Waals surface area contributed by atoms with Crippen molar-refractivity contribution in [2.45, 2.75) is 11.9 Å². The van der Waals surface area contributed by atoms with Crippen LogP contribution in [0.5, 0.6) is 0 Å². The van der Waals surface area contributed by atoms with E-state index in [9.17, 15) is 22.0 Å². The van der Waals surface area contributed by atoms with Gasteiger partial charge in [-0.25, -0.2) is 13.2 Å². The Morgan fingerprint density at radius 3 is 2.69 bits per heavy atom. The molecule has 1 atom stereocenters. The zero-order chi connectivity index (χ0) is 12.3. The minimum Gasteiger partial charge on any atom is -0.467 e. The van der Waals surface area contributed by atoms with Crippen LogP contribution in [0.3, 0.4) is 0 Å². The molecule has 0 N–H and O–H groups in total. The van der Waals surface area contributed by atoms with Gasteiger partial charge in [0.05, 0.1) is 20.3 Å². The quantitative estimate of drug-likeness (QED) is 0.634. The van der Waals surface area contributed by atoms with Crippen LogP contribution in [-0.4, -0.2) is 57.4 Å². The van der Waals surface area contributed by atoms with Crippen molar-refractivity contribution in [1.82, 2.24) is 4.31 Å². The number of alkyl halides is 2. The molecule has 1 saturated heterocycles. The SMILES string of the molecule is COC(=O)C1CN(S(=O)(=O)C(F)F)CCO1. The molecule has 1 aliphatic rings. The fraction of sp³-hybridized carbons (Fsp3) is 0.857. The molecule has 0 aromatic heterocycles. The van der Waals surface area contributed by atoms with Crippen molar-refractivity contribution in [2.24, 2.45) is 0 Å². The van der Waals surface area contributed by atoms with Gasteiger partial charge in [0.2, 0.25) is 0 Å². The number of rotatable bonds is 3. The van der Waals surface area contributed by atoms with E-state index in [1.807, 2.05) is 0 Å². The van der Waals surface area contributed by atoms with Gasteiger partial charge in [0.25, 0.3) is 10.0 Å². The Morgan fingerprint density at radius 1 is 1.56 bits per heavy atom. The van der Waals surface area contributed by atoms with Crippen LogP contribution >= 0.6 is 0 Å². The minimum atomic E-state index is -4.66. The smallest absolute Gasteiger partial charge is 0.350 e. The summed E-state index contributed by atoms with van der Waals surface area (Å²) in [4.78, 5) is 11.1. The summed E-state index contributed by atoms with van der Waals surface area (Å²) in [5.41, 5.74) is 0. The van der Waals surface area contributed by atoms with E-state index >= 15 is 0 Å². The number of sulfonamides is 1. The van der Waals surface area contributed by atoms with Gasteiger partial charge in [0.1, 0.15) is 0 Å². The molecule has 0 radical (unpaired) electrons. The van der Waals surface area contributed by atoms with Crippen LogP contribution in [0.25, 0.3) is 0 Å². The molecule has 1 aliphatic heterocycles. The largest absolute Gasteiger partial charge is 0.467 e. The molecule has 0 amide bonds. The minimum absolute atomic E-state index is 0.119. The van der Waals surface area contributed by atoms with Crippen molar-refractivity contribution in [1.29, 1.82) is 0 Å². The number of halogens is 2. The predicted octanol–water partition coefficient (Wildman–Crippen LogP) is -0.587. The molecule has 0 bridgehead atoms. The lowest BCUT2D eigenvalue weighted by molar-refractivity contribution is -0.157. The molecule has 0 aromatic rings. The monoisotopic (exact) mass is 259 g/mol. The summed E-state index contributed by atoms with van der Waals surface area (Å²) in [7, 11) is -3.56. The van der Waals surface area contributed by atoms with Gasteiger partial charge in [-0.15, -0.1) is 0 Å². The summed E-state index contributed by atoms with van der Waals surface area (Å²) in [6, 6.07) is 0. The highest BCUT2D eigenvalue weighted by Gasteiger charge is 2.38. The Bertz CT molecular complexity index is 358. The highest BCUT2D eigenvalue weighted by molar-refractivity contribution is 7.89. The molecule has 1 unspecified atom stereocenters. The van der Waals surface area contributed by atoms with Crippen LogP contribution in [0.4, 0.5) is 8.78 Å². The Kier molecular flexibility index (Phi) is 4.16. The number of hydrogen-bond donors (Lipinski definition) is 0. The van der Waals surface area contributed by atoms with Gasteiger partial charge in [-0.05, 0) is 0 Å². The number of carbonyl (C=O) groups is 1. The zero-order valence-electron chi connectivity index (χ0n) is 8.43. The Balaban J connectivity index is 2.75. The number of carbonyl (C=O) groups excluding carboxylic acids is 1. The second-order valence-electron chi connectivity index (χ2n) is 3.05. The van der Waals surface area contributed by atoms with Crippen molar-refractivity contribution in [2.75, 3.05) is 26.8 Å². The first-order valence-corrected chi connectivity index (χ1v) is 5.86. The van der Waals surface area contributed by atoms with Gasteiger partial charge in [-0.2, -0.15) is 13.1 Å². The number of methoxy groups -OCH3 is 1. The molecule has 0 aromatic carbocycles. The molecule has 6 nitrogen and oxygen atoms in total. The Morgan fingerprint density at radius 2 is 2.19 bits per heavy atom. The lowest BCUT2D eigenvalue weighted by Gasteiger charge is -2.30. The first kappa shape index (κ1) is 13.3. The fourth-order valence-electron chi connectivity index (χ4n) is 1.24. The Labute approximate surface area is 91.2 Å². The fourth-order valence-corrected chi connectivity index (χ4v) is 2.14. The topological polar surface area (TPSA) is 72.9 Å². The average Bonchev–Trinajstić information content (AvgIpc) is 2.28. The van der Waals surface area contributed by atoms with Gasteiger partial charge in [-0.3, -0.25) is 0 Å². The second kappa shape index (κ2) is 5.02. The highest BCUT2D eigenvalue weighted by Crippen LogP contribution is 2.16. The third-order valence-corrected chi connectivity index (χ3v) is 3.58. The molecular formula is C7H11F2NO5S. The van der Waals surface area contributed by atoms with Gasteiger partial charge >= 0.3 is 11.7 Å². The third-order valence-electron chi connectivity index (χ3n) is 2.08. The molecule has 0 saturated carbocycles. The van der Waals surface area contributed by atoms with E-state index in [4.69, 9.17) is 4.74 Å². The number of esters is 1. The van der Waals surface area contributed by atoms with Gasteiger partial charge in [-0.1, -0.05) is 0 Å². The third kappa shape index (κ3) is 2.66.